The van der Waals surface area contributed by atoms with Crippen LogP contribution in [0.1, 0.15) is 71.6 Å². The molecule has 0 heterocycles. The minimum atomic E-state index is -1.89. The van der Waals surface area contributed by atoms with Gasteiger partial charge in [-0.1, -0.05) is 19.0 Å². The number of oxime groups is 1. The van der Waals surface area contributed by atoms with Crippen LogP contribution in [0.3, 0.4) is 0 Å². The maximum absolute atomic E-state index is 7.36. The maximum atomic E-state index is 7.36. The molecule has 8 heteroatoms. The fourth-order valence-corrected chi connectivity index (χ4v) is 12.9. The summed E-state index contributed by atoms with van der Waals surface area (Å²) in [5.74, 6) is 3.10. The lowest BCUT2D eigenvalue weighted by atomic mass is 9.44. The van der Waals surface area contributed by atoms with Crippen LogP contribution in [-0.4, -0.2) is 56.1 Å². The molecule has 0 N–H and O–H groups in total. The van der Waals surface area contributed by atoms with Crippen LogP contribution in [-0.2, 0) is 18.1 Å². The van der Waals surface area contributed by atoms with Crippen molar-refractivity contribution in [3.8, 4) is 0 Å². The Labute approximate surface area is 243 Å². The van der Waals surface area contributed by atoms with Gasteiger partial charge in [0.2, 0.25) is 0 Å². The lowest BCUT2D eigenvalue weighted by molar-refractivity contribution is -0.139. The standard InChI is InChI=1S/C31H61NO4Si3/c1-29-18-15-24(35-38(7,8)9)21-23(29)13-14-25-26(29)16-19-30(2)27(25)17-20-31(30,36-39(10,11)12)28(32-33-3)22-34-37(4,5)6/h23-27H,13-22H2,1-12H3/b32-28-/t23-,24-,25?,26?,27?,29+,30+,31+/m1/s1. The zero-order valence-corrected chi connectivity index (χ0v) is 30.5. The Kier molecular flexibility index (Phi) is 8.95. The van der Waals surface area contributed by atoms with Gasteiger partial charge in [0, 0.05) is 11.5 Å². The molecule has 4 rings (SSSR count). The van der Waals surface area contributed by atoms with Gasteiger partial charge in [0.25, 0.3) is 0 Å². The molecule has 0 radical (unpaired) electrons. The molecule has 0 aromatic carbocycles. The number of nitrogens with zero attached hydrogens (tertiary/aromatic N) is 1. The molecule has 4 fully saturated rings. The monoisotopic (exact) mass is 595 g/mol. The van der Waals surface area contributed by atoms with Crippen molar-refractivity contribution >= 4 is 30.7 Å². The molecule has 0 aromatic heterocycles. The molecular weight excluding hydrogens is 535 g/mol. The third-order valence-corrected chi connectivity index (χ3v) is 14.1. The molecule has 39 heavy (non-hydrogen) atoms. The van der Waals surface area contributed by atoms with Crippen molar-refractivity contribution in [2.75, 3.05) is 13.7 Å². The molecule has 226 valence electrons. The largest absolute Gasteiger partial charge is 0.415 e. The zero-order chi connectivity index (χ0) is 29.1. The number of hydrogen-bond donors (Lipinski definition) is 0. The SMILES string of the molecule is CO/N=C(/CO[Si](C)(C)C)[C@@]1(O[Si](C)(C)C)CCC2C3CC[C@@H]4C[C@H](O[Si](C)(C)C)CC[C@]4(C)C3CC[C@@]21C. The van der Waals surface area contributed by atoms with E-state index < -0.39 is 25.0 Å². The summed E-state index contributed by atoms with van der Waals surface area (Å²) in [4.78, 5) is 5.53. The molecule has 0 saturated heterocycles. The van der Waals surface area contributed by atoms with Crippen LogP contribution in [0.4, 0.5) is 0 Å². The average molecular weight is 596 g/mol. The predicted molar refractivity (Wildman–Crippen MR) is 171 cm³/mol. The van der Waals surface area contributed by atoms with Crippen molar-refractivity contribution < 1.29 is 18.1 Å². The van der Waals surface area contributed by atoms with Gasteiger partial charge >= 0.3 is 0 Å². The highest BCUT2D eigenvalue weighted by atomic mass is 28.4. The molecule has 5 nitrogen and oxygen atoms in total. The lowest BCUT2D eigenvalue weighted by Crippen LogP contribution is -2.62. The van der Waals surface area contributed by atoms with Gasteiger partial charge in [0.15, 0.2) is 25.0 Å². The molecular formula is C31H61NO4Si3. The van der Waals surface area contributed by atoms with E-state index in [9.17, 15) is 0 Å². The fraction of sp³-hybridized carbons (Fsp3) is 0.968. The second kappa shape index (κ2) is 10.9. The third kappa shape index (κ3) is 6.36. The normalized spacial score (nSPS) is 41.5. The highest BCUT2D eigenvalue weighted by Gasteiger charge is 2.67. The van der Waals surface area contributed by atoms with Gasteiger partial charge in [-0.2, -0.15) is 0 Å². The van der Waals surface area contributed by atoms with E-state index in [4.69, 9.17) is 23.3 Å². The van der Waals surface area contributed by atoms with Gasteiger partial charge in [0.1, 0.15) is 18.4 Å². The summed E-state index contributed by atoms with van der Waals surface area (Å²) in [6, 6.07) is 0. The Morgan fingerprint density at radius 2 is 1.44 bits per heavy atom. The molecule has 0 bridgehead atoms. The van der Waals surface area contributed by atoms with Gasteiger partial charge < -0.3 is 18.1 Å². The molecule has 0 spiro atoms. The first-order chi connectivity index (χ1) is 17.8. The predicted octanol–water partition coefficient (Wildman–Crippen LogP) is 8.69. The molecule has 0 aliphatic heterocycles. The minimum Gasteiger partial charge on any atom is -0.415 e. The smallest absolute Gasteiger partial charge is 0.185 e. The van der Waals surface area contributed by atoms with Crippen molar-refractivity contribution in [2.45, 2.75) is 142 Å². The zero-order valence-electron chi connectivity index (χ0n) is 27.5. The number of fused-ring (bicyclic) bond motifs is 5. The first-order valence-electron chi connectivity index (χ1n) is 16.0. The summed E-state index contributed by atoms with van der Waals surface area (Å²) in [5, 5.41) is 4.72. The topological polar surface area (TPSA) is 49.3 Å². The number of hydrogen-bond acceptors (Lipinski definition) is 5. The fourth-order valence-electron chi connectivity index (χ4n) is 9.66. The molecule has 0 aromatic rings. The Morgan fingerprint density at radius 3 is 2.03 bits per heavy atom. The van der Waals surface area contributed by atoms with Crippen LogP contribution in [0.2, 0.25) is 58.9 Å². The molecule has 3 unspecified atom stereocenters. The van der Waals surface area contributed by atoms with E-state index in [0.717, 1.165) is 29.9 Å². The van der Waals surface area contributed by atoms with E-state index >= 15 is 0 Å². The van der Waals surface area contributed by atoms with E-state index in [0.29, 0.717) is 24.0 Å². The highest BCUT2D eigenvalue weighted by molar-refractivity contribution is 6.70. The van der Waals surface area contributed by atoms with Crippen LogP contribution in [0, 0.1) is 34.5 Å². The summed E-state index contributed by atoms with van der Waals surface area (Å²) < 4.78 is 20.5. The Hall–Kier alpha value is 0.000649. The van der Waals surface area contributed by atoms with Gasteiger partial charge in [0.05, 0.1) is 6.61 Å². The second-order valence-electron chi connectivity index (χ2n) is 16.9. The molecule has 4 saturated carbocycles. The Bertz CT molecular complexity index is 909. The lowest BCUT2D eigenvalue weighted by Gasteiger charge is -2.62. The first-order valence-corrected chi connectivity index (χ1v) is 26.2. The first kappa shape index (κ1) is 31.9. The minimum absolute atomic E-state index is 0.0654. The van der Waals surface area contributed by atoms with Crippen molar-refractivity contribution in [3.05, 3.63) is 0 Å². The van der Waals surface area contributed by atoms with Gasteiger partial charge in [-0.05, 0) is 146 Å². The van der Waals surface area contributed by atoms with Gasteiger partial charge in [-0.15, -0.1) is 0 Å². The van der Waals surface area contributed by atoms with Crippen molar-refractivity contribution in [2.24, 2.45) is 39.7 Å². The van der Waals surface area contributed by atoms with Crippen LogP contribution in [0.25, 0.3) is 0 Å². The molecule has 0 amide bonds. The van der Waals surface area contributed by atoms with Crippen molar-refractivity contribution in [1.82, 2.24) is 0 Å². The van der Waals surface area contributed by atoms with Crippen LogP contribution in [0.15, 0.2) is 5.16 Å². The summed E-state index contributed by atoms with van der Waals surface area (Å²) >= 11 is 0. The average Bonchev–Trinajstić information content (AvgIpc) is 3.06. The summed E-state index contributed by atoms with van der Waals surface area (Å²) in [5.41, 5.74) is 1.15. The summed E-state index contributed by atoms with van der Waals surface area (Å²) in [6.45, 7) is 26.6. The van der Waals surface area contributed by atoms with Crippen LogP contribution in [0.5, 0.6) is 0 Å². The van der Waals surface area contributed by atoms with Gasteiger partial charge in [-0.25, -0.2) is 0 Å². The van der Waals surface area contributed by atoms with E-state index in [1.54, 1.807) is 7.11 Å². The number of rotatable bonds is 9. The molecule has 4 aliphatic carbocycles. The van der Waals surface area contributed by atoms with Crippen LogP contribution < -0.4 is 0 Å². The molecule has 4 aliphatic rings. The summed E-state index contributed by atoms with van der Waals surface area (Å²) in [7, 11) is -3.43. The van der Waals surface area contributed by atoms with Crippen LogP contribution >= 0.6 is 0 Å². The van der Waals surface area contributed by atoms with Gasteiger partial charge in [-0.3, -0.25) is 0 Å². The summed E-state index contributed by atoms with van der Waals surface area (Å²) in [6.07, 6.45) is 11.9. The Balaban J connectivity index is 1.63. The maximum Gasteiger partial charge on any atom is 0.185 e. The van der Waals surface area contributed by atoms with E-state index in [1.807, 2.05) is 0 Å². The Morgan fingerprint density at radius 1 is 0.769 bits per heavy atom. The van der Waals surface area contributed by atoms with Crippen molar-refractivity contribution in [3.63, 3.8) is 0 Å². The highest BCUT2D eigenvalue weighted by Crippen LogP contribution is 2.69. The molecule has 8 atom stereocenters. The van der Waals surface area contributed by atoms with E-state index in [-0.39, 0.29) is 11.0 Å². The second-order valence-corrected chi connectivity index (χ2v) is 30.3. The van der Waals surface area contributed by atoms with Crippen molar-refractivity contribution in [1.29, 1.82) is 0 Å². The van der Waals surface area contributed by atoms with E-state index in [2.05, 4.69) is 72.8 Å². The quantitative estimate of drug-likeness (QED) is 0.152. The van der Waals surface area contributed by atoms with E-state index in [1.165, 1.54) is 51.4 Å². The third-order valence-electron chi connectivity index (χ3n) is 11.0.